The van der Waals surface area contributed by atoms with Crippen LogP contribution in [0, 0.1) is 0 Å². The van der Waals surface area contributed by atoms with E-state index in [4.69, 9.17) is 0 Å². The van der Waals surface area contributed by atoms with Crippen LogP contribution in [0.4, 0.5) is 0 Å². The lowest BCUT2D eigenvalue weighted by Crippen LogP contribution is -2.35. The zero-order chi connectivity index (χ0) is 31.6. The van der Waals surface area contributed by atoms with Crippen LogP contribution in [0.25, 0.3) is 32.7 Å². The van der Waals surface area contributed by atoms with E-state index in [-0.39, 0.29) is 0 Å². The lowest BCUT2D eigenvalue weighted by atomic mass is 9.93. The second-order valence-corrected chi connectivity index (χ2v) is 15.8. The van der Waals surface area contributed by atoms with Gasteiger partial charge in [0.15, 0.2) is 0 Å². The topological polar surface area (TPSA) is 20.2 Å². The van der Waals surface area contributed by atoms with Crippen LogP contribution in [-0.2, 0) is 0 Å². The van der Waals surface area contributed by atoms with Crippen LogP contribution in [0.3, 0.4) is 0 Å². The first-order valence-corrected chi connectivity index (χ1v) is 18.5. The molecule has 1 N–H and O–H groups in total. The molecule has 0 aromatic heterocycles. The molecular weight excluding hydrogens is 606 g/mol. The molecule has 0 saturated heterocycles. The summed E-state index contributed by atoms with van der Waals surface area (Å²) in [7, 11) is -2.21. The average Bonchev–Trinajstić information content (AvgIpc) is 3.15. The minimum absolute atomic E-state index is 0.369. The molecule has 8 aromatic carbocycles. The van der Waals surface area contributed by atoms with Crippen molar-refractivity contribution in [3.05, 3.63) is 188 Å². The van der Waals surface area contributed by atoms with Gasteiger partial charge in [-0.25, -0.2) is 0 Å². The molecule has 0 spiro atoms. The smallest absolute Gasteiger partial charge is 0.133 e. The zero-order valence-electron chi connectivity index (χ0n) is 25.7. The van der Waals surface area contributed by atoms with Crippen molar-refractivity contribution in [1.29, 1.82) is 0 Å². The average molecular weight is 639 g/mol. The second-order valence-electron chi connectivity index (χ2n) is 11.5. The van der Waals surface area contributed by atoms with Gasteiger partial charge in [-0.3, -0.25) is 0 Å². The Kier molecular flexibility index (Phi) is 8.10. The Morgan fingerprint density at radius 2 is 0.702 bits per heavy atom. The quantitative estimate of drug-likeness (QED) is 0.173. The van der Waals surface area contributed by atoms with E-state index in [1.54, 1.807) is 0 Å². The highest BCUT2D eigenvalue weighted by Gasteiger charge is 2.33. The third-order valence-corrected chi connectivity index (χ3v) is 13.9. The molecule has 0 aliphatic carbocycles. The van der Waals surface area contributed by atoms with Crippen LogP contribution in [-0.4, -0.2) is 5.11 Å². The summed E-state index contributed by atoms with van der Waals surface area (Å²) in [5.41, 5.74) is 1.94. The molecule has 3 heteroatoms. The van der Waals surface area contributed by atoms with Crippen LogP contribution in [0.1, 0.15) is 0 Å². The van der Waals surface area contributed by atoms with Gasteiger partial charge in [-0.1, -0.05) is 188 Å². The molecule has 224 valence electrons. The van der Waals surface area contributed by atoms with Gasteiger partial charge in [-0.2, -0.15) is 0 Å². The normalized spacial score (nSPS) is 11.4. The van der Waals surface area contributed by atoms with Crippen molar-refractivity contribution in [3.8, 4) is 16.9 Å². The van der Waals surface area contributed by atoms with Gasteiger partial charge in [0.1, 0.15) is 5.75 Å². The van der Waals surface area contributed by atoms with Crippen molar-refractivity contribution >= 4 is 69.2 Å². The number of hydrogen-bond acceptors (Lipinski definition) is 1. The number of hydrogen-bond donors (Lipinski definition) is 1. The number of rotatable bonds is 7. The molecule has 1 nitrogen and oxygen atoms in total. The van der Waals surface area contributed by atoms with Gasteiger partial charge in [0.25, 0.3) is 0 Å². The molecule has 0 atom stereocenters. The van der Waals surface area contributed by atoms with E-state index in [1.807, 2.05) is 0 Å². The number of aromatic hydroxyl groups is 1. The first-order chi connectivity index (χ1) is 23.3. The summed E-state index contributed by atoms with van der Waals surface area (Å²) in [6.45, 7) is 0. The largest absolute Gasteiger partial charge is 0.507 e. The Hall–Kier alpha value is -5.06. The SMILES string of the molecule is Oc1c(P(c2ccccc2)c2ccccc2)c(P(c2ccccc2)c2ccccc2)c2ccccc2c1-c1cccc2ccccc12. The molecule has 0 aliphatic rings. The molecule has 0 saturated carbocycles. The van der Waals surface area contributed by atoms with Crippen molar-refractivity contribution in [3.63, 3.8) is 0 Å². The maximum absolute atomic E-state index is 13.1. The van der Waals surface area contributed by atoms with Crippen molar-refractivity contribution in [2.45, 2.75) is 0 Å². The van der Waals surface area contributed by atoms with Gasteiger partial charge in [0, 0.05) is 16.2 Å². The van der Waals surface area contributed by atoms with E-state index >= 15 is 0 Å². The van der Waals surface area contributed by atoms with Crippen molar-refractivity contribution in [2.75, 3.05) is 0 Å². The molecule has 8 rings (SSSR count). The van der Waals surface area contributed by atoms with Gasteiger partial charge in [0.2, 0.25) is 0 Å². The van der Waals surface area contributed by atoms with E-state index in [0.717, 1.165) is 32.6 Å². The molecule has 0 aliphatic heterocycles. The predicted molar refractivity (Wildman–Crippen MR) is 206 cm³/mol. The van der Waals surface area contributed by atoms with Crippen molar-refractivity contribution in [1.82, 2.24) is 0 Å². The van der Waals surface area contributed by atoms with E-state index < -0.39 is 15.8 Å². The van der Waals surface area contributed by atoms with E-state index in [0.29, 0.717) is 5.75 Å². The van der Waals surface area contributed by atoms with Crippen molar-refractivity contribution in [2.24, 2.45) is 0 Å². The van der Waals surface area contributed by atoms with E-state index in [2.05, 4.69) is 188 Å². The number of phenolic OH excluding ortho intramolecular Hbond substituents is 1. The van der Waals surface area contributed by atoms with Crippen LogP contribution in [0.15, 0.2) is 188 Å². The Labute approximate surface area is 278 Å². The van der Waals surface area contributed by atoms with Crippen LogP contribution in [0.2, 0.25) is 0 Å². The first-order valence-electron chi connectivity index (χ1n) is 15.9. The van der Waals surface area contributed by atoms with Gasteiger partial charge in [0.05, 0.1) is 0 Å². The minimum Gasteiger partial charge on any atom is -0.507 e. The predicted octanol–water partition coefficient (Wildman–Crippen LogP) is 8.88. The van der Waals surface area contributed by atoms with Gasteiger partial charge < -0.3 is 5.11 Å². The lowest BCUT2D eigenvalue weighted by molar-refractivity contribution is 0.483. The minimum atomic E-state index is -1.16. The fourth-order valence-corrected chi connectivity index (χ4v) is 12.2. The van der Waals surface area contributed by atoms with E-state index in [9.17, 15) is 5.11 Å². The lowest BCUT2D eigenvalue weighted by Gasteiger charge is -2.31. The monoisotopic (exact) mass is 638 g/mol. The Bertz CT molecular complexity index is 2220. The summed E-state index contributed by atoms with van der Waals surface area (Å²) in [6, 6.07) is 66.9. The summed E-state index contributed by atoms with van der Waals surface area (Å²) in [6.07, 6.45) is 0. The Balaban J connectivity index is 1.58. The third kappa shape index (κ3) is 5.43. The van der Waals surface area contributed by atoms with Crippen LogP contribution in [0.5, 0.6) is 5.75 Å². The summed E-state index contributed by atoms with van der Waals surface area (Å²) >= 11 is 0. The first kappa shape index (κ1) is 29.3. The fourth-order valence-electron chi connectivity index (χ4n) is 6.67. The Morgan fingerprint density at radius 1 is 0.319 bits per heavy atom. The highest BCUT2D eigenvalue weighted by molar-refractivity contribution is 7.86. The highest BCUT2D eigenvalue weighted by Crippen LogP contribution is 2.48. The molecular formula is C44H32OP2. The standard InChI is InChI=1S/C44H32OP2/c45-42-41(38-31-17-19-32-18-13-14-28-37(32)38)39-29-15-16-30-40(39)43(46(33-20-5-1-6-21-33)34-22-7-2-8-23-34)44(42)47(35-24-9-3-10-25-35)36-26-11-4-12-27-36/h1-31,45H. The molecule has 0 heterocycles. The molecule has 0 unspecified atom stereocenters. The molecule has 8 aromatic rings. The maximum Gasteiger partial charge on any atom is 0.133 e. The van der Waals surface area contributed by atoms with Gasteiger partial charge in [-0.15, -0.1) is 0 Å². The molecule has 0 radical (unpaired) electrons. The van der Waals surface area contributed by atoms with Crippen LogP contribution < -0.4 is 31.8 Å². The van der Waals surface area contributed by atoms with Crippen molar-refractivity contribution < 1.29 is 5.11 Å². The zero-order valence-corrected chi connectivity index (χ0v) is 27.5. The number of benzene rings is 8. The molecule has 0 fully saturated rings. The van der Waals surface area contributed by atoms with Gasteiger partial charge in [-0.05, 0) is 64.2 Å². The Morgan fingerprint density at radius 3 is 1.21 bits per heavy atom. The third-order valence-electron chi connectivity index (χ3n) is 8.70. The molecule has 0 amide bonds. The maximum atomic E-state index is 13.1. The highest BCUT2D eigenvalue weighted by atomic mass is 31.1. The van der Waals surface area contributed by atoms with Crippen LogP contribution >= 0.6 is 15.8 Å². The summed E-state index contributed by atoms with van der Waals surface area (Å²) in [4.78, 5) is 0. The summed E-state index contributed by atoms with van der Waals surface area (Å²) < 4.78 is 0. The number of fused-ring (bicyclic) bond motifs is 2. The van der Waals surface area contributed by atoms with E-state index in [1.165, 1.54) is 31.9 Å². The van der Waals surface area contributed by atoms with Gasteiger partial charge >= 0.3 is 0 Å². The second kappa shape index (κ2) is 13.0. The molecule has 0 bridgehead atoms. The molecule has 47 heavy (non-hydrogen) atoms. The summed E-state index contributed by atoms with van der Waals surface area (Å²) in [5, 5.41) is 24.9. The fraction of sp³-hybridized carbons (Fsp3) is 0. The summed E-state index contributed by atoms with van der Waals surface area (Å²) in [5.74, 6) is 0.369. The number of phenols is 1.